The molecule has 1 saturated carbocycles. The first-order valence-electron chi connectivity index (χ1n) is 21.6. The molecule has 1 saturated heterocycles. The number of hydrogen-bond acceptors (Lipinski definition) is 9. The van der Waals surface area contributed by atoms with Crippen molar-refractivity contribution in [3.05, 3.63) is 122 Å². The van der Waals surface area contributed by atoms with Crippen LogP contribution in [-0.2, 0) is 26.1 Å². The molecule has 3 aromatic heterocycles. The number of ether oxygens (including phenoxy) is 1. The van der Waals surface area contributed by atoms with E-state index in [1.54, 1.807) is 67.0 Å². The number of carbonyl (C=O) groups is 1. The van der Waals surface area contributed by atoms with Crippen LogP contribution in [0.5, 0.6) is 0 Å². The SMILES string of the molecule is Cc1cc(-n2ccn(-c3c4c(nn3-c3cc(C)c(F)c(C)c3)CCN(C(=O)c3cc5cc(C6CCOCC6)ccc5n3[C@@]3(C5=NC(O)ON5)C[C@@H]3C)[C@H]4C)c2=O)ccc1P(C)(C)=O. The molecule has 328 valence electrons. The predicted octanol–water partition coefficient (Wildman–Crippen LogP) is 6.68. The molecule has 1 aliphatic carbocycles. The van der Waals surface area contributed by atoms with Gasteiger partial charge in [0.2, 0.25) is 0 Å². The maximum absolute atomic E-state index is 15.5. The largest absolute Gasteiger partial charge is 0.381 e. The summed E-state index contributed by atoms with van der Waals surface area (Å²) in [6.07, 6.45) is 4.95. The van der Waals surface area contributed by atoms with E-state index in [0.717, 1.165) is 40.3 Å². The highest BCUT2D eigenvalue weighted by Gasteiger charge is 2.60. The number of fused-ring (bicyclic) bond motifs is 2. The molecule has 14 nitrogen and oxygen atoms in total. The topological polar surface area (TPSA) is 150 Å². The smallest absolute Gasteiger partial charge is 0.338 e. The van der Waals surface area contributed by atoms with Gasteiger partial charge >= 0.3 is 5.69 Å². The van der Waals surface area contributed by atoms with Gasteiger partial charge in [-0.25, -0.2) is 29.2 Å². The number of aliphatic hydroxyl groups is 1. The van der Waals surface area contributed by atoms with Gasteiger partial charge in [0.05, 0.1) is 23.1 Å². The minimum atomic E-state index is -2.55. The first-order valence-corrected chi connectivity index (χ1v) is 24.3. The second-order valence-corrected chi connectivity index (χ2v) is 21.4. The summed E-state index contributed by atoms with van der Waals surface area (Å²) in [6, 6.07) is 16.8. The van der Waals surface area contributed by atoms with Crippen LogP contribution in [0.15, 0.2) is 76.8 Å². The van der Waals surface area contributed by atoms with Crippen molar-refractivity contribution in [2.45, 2.75) is 84.2 Å². The molecule has 3 aliphatic heterocycles. The van der Waals surface area contributed by atoms with Gasteiger partial charge in [-0.15, -0.1) is 0 Å². The van der Waals surface area contributed by atoms with Crippen molar-refractivity contribution in [1.82, 2.24) is 33.9 Å². The second-order valence-electron chi connectivity index (χ2n) is 18.2. The van der Waals surface area contributed by atoms with Crippen LogP contribution in [0, 0.1) is 32.5 Å². The molecule has 4 atom stereocenters. The Kier molecular flexibility index (Phi) is 9.86. The van der Waals surface area contributed by atoms with Crippen LogP contribution in [0.4, 0.5) is 4.39 Å². The fourth-order valence-corrected chi connectivity index (χ4v) is 11.7. The standard InChI is InChI=1S/C47H52FN8O6P/c1-26-20-34(9-11-39(26)63(6,7)60)53-16-17-54(46(53)59)42-40-30(5)52(15-12-36(40)50-56(42)35-21-27(2)41(48)28(3)22-35)43(57)38-24-33-23-32(31-13-18-61-19-14-31)8-10-37(33)55(38)47(25-29(47)4)44-49-45(58)62-51-44/h8-11,16-17,20-24,29-31,45,58H,12-15,18-19,25H2,1-7H3,(H,49,51)/t29-,30-,45?,47-/m0/s1. The van der Waals surface area contributed by atoms with E-state index in [4.69, 9.17) is 14.7 Å². The fourth-order valence-electron chi connectivity index (χ4n) is 10.4. The van der Waals surface area contributed by atoms with Crippen molar-refractivity contribution in [2.75, 3.05) is 33.1 Å². The summed E-state index contributed by atoms with van der Waals surface area (Å²) < 4.78 is 40.6. The van der Waals surface area contributed by atoms with Crippen LogP contribution in [-0.4, -0.2) is 84.7 Å². The maximum Gasteiger partial charge on any atom is 0.338 e. The van der Waals surface area contributed by atoms with Crippen molar-refractivity contribution in [3.8, 4) is 17.2 Å². The third kappa shape index (κ3) is 6.65. The monoisotopic (exact) mass is 874 g/mol. The van der Waals surface area contributed by atoms with E-state index in [1.807, 2.05) is 36.9 Å². The van der Waals surface area contributed by atoms with Crippen LogP contribution < -0.4 is 16.5 Å². The number of nitrogens with one attached hydrogen (secondary N) is 1. The number of carbonyl (C=O) groups excluding carboxylic acids is 1. The van der Waals surface area contributed by atoms with E-state index in [-0.39, 0.29) is 23.3 Å². The lowest BCUT2D eigenvalue weighted by Crippen LogP contribution is -2.43. The van der Waals surface area contributed by atoms with Crippen molar-refractivity contribution >= 4 is 35.1 Å². The number of hydrogen-bond donors (Lipinski definition) is 2. The Labute approximate surface area is 364 Å². The van der Waals surface area contributed by atoms with Crippen LogP contribution >= 0.6 is 7.14 Å². The summed E-state index contributed by atoms with van der Waals surface area (Å²) in [5, 5.41) is 17.1. The van der Waals surface area contributed by atoms with Gasteiger partial charge in [0.1, 0.15) is 30.0 Å². The molecule has 1 amide bonds. The van der Waals surface area contributed by atoms with Gasteiger partial charge in [-0.3, -0.25) is 13.9 Å². The Morgan fingerprint density at radius 2 is 1.65 bits per heavy atom. The van der Waals surface area contributed by atoms with E-state index in [0.29, 0.717) is 83.9 Å². The molecular formula is C47H52FN8O6P. The number of rotatable bonds is 8. The molecule has 1 unspecified atom stereocenters. The molecule has 63 heavy (non-hydrogen) atoms. The first-order chi connectivity index (χ1) is 30.1. The zero-order chi connectivity index (χ0) is 44.3. The molecule has 10 rings (SSSR count). The highest BCUT2D eigenvalue weighted by atomic mass is 31.2. The Balaban J connectivity index is 1.11. The summed E-state index contributed by atoms with van der Waals surface area (Å²) in [6.45, 7) is 14.6. The normalized spacial score (nSPS) is 22.7. The summed E-state index contributed by atoms with van der Waals surface area (Å²) in [4.78, 5) is 41.7. The number of amidine groups is 1. The van der Waals surface area contributed by atoms with Gasteiger partial charge in [0.25, 0.3) is 12.3 Å². The minimum absolute atomic E-state index is 0.0668. The number of imidazole rings is 1. The summed E-state index contributed by atoms with van der Waals surface area (Å²) in [5.74, 6) is 0.822. The number of hydroxylamine groups is 1. The summed E-state index contributed by atoms with van der Waals surface area (Å²) in [5.41, 5.74) is 8.62. The molecule has 2 fully saturated rings. The molecule has 6 aromatic rings. The van der Waals surface area contributed by atoms with Crippen LogP contribution in [0.1, 0.15) is 89.1 Å². The van der Waals surface area contributed by atoms with Gasteiger partial charge in [0, 0.05) is 60.3 Å². The van der Waals surface area contributed by atoms with E-state index in [2.05, 4.69) is 40.2 Å². The first kappa shape index (κ1) is 41.4. The lowest BCUT2D eigenvalue weighted by molar-refractivity contribution is -0.103. The number of aliphatic hydroxyl groups excluding tert-OH is 1. The Hall–Kier alpha value is -5.60. The lowest BCUT2D eigenvalue weighted by Gasteiger charge is -2.34. The van der Waals surface area contributed by atoms with Crippen molar-refractivity contribution in [1.29, 1.82) is 0 Å². The molecule has 3 aromatic carbocycles. The molecule has 16 heteroatoms. The van der Waals surface area contributed by atoms with E-state index in [9.17, 15) is 14.5 Å². The quantitative estimate of drug-likeness (QED) is 0.161. The van der Waals surface area contributed by atoms with E-state index >= 15 is 9.18 Å². The number of aromatic nitrogens is 5. The Bertz CT molecular complexity index is 2980. The van der Waals surface area contributed by atoms with Gasteiger partial charge in [0.15, 0.2) is 5.84 Å². The van der Waals surface area contributed by atoms with Gasteiger partial charge in [-0.05, 0) is 143 Å². The Morgan fingerprint density at radius 1 is 0.952 bits per heavy atom. The van der Waals surface area contributed by atoms with Crippen molar-refractivity contribution < 1.29 is 28.4 Å². The van der Waals surface area contributed by atoms with Gasteiger partial charge < -0.3 is 23.9 Å². The summed E-state index contributed by atoms with van der Waals surface area (Å²) in [7, 11) is -2.55. The van der Waals surface area contributed by atoms with Crippen LogP contribution in [0.2, 0.25) is 0 Å². The average Bonchev–Trinajstić information content (AvgIpc) is 3.75. The van der Waals surface area contributed by atoms with Crippen LogP contribution in [0.3, 0.4) is 0 Å². The average molecular weight is 875 g/mol. The number of aryl methyl sites for hydroxylation is 3. The minimum Gasteiger partial charge on any atom is -0.381 e. The zero-order valence-corrected chi connectivity index (χ0v) is 37.4. The van der Waals surface area contributed by atoms with Crippen molar-refractivity contribution in [2.24, 2.45) is 10.9 Å². The fraction of sp³-hybridized carbons (Fsp3) is 0.404. The third-order valence-electron chi connectivity index (χ3n) is 13.7. The molecule has 0 bridgehead atoms. The molecular weight excluding hydrogens is 823 g/mol. The highest BCUT2D eigenvalue weighted by Crippen LogP contribution is 2.54. The number of amides is 1. The molecule has 2 N–H and O–H groups in total. The highest BCUT2D eigenvalue weighted by molar-refractivity contribution is 7.70. The van der Waals surface area contributed by atoms with E-state index < -0.39 is 25.1 Å². The molecule has 4 aliphatic rings. The number of nitrogens with zero attached hydrogens (tertiary/aromatic N) is 7. The van der Waals surface area contributed by atoms with Crippen LogP contribution in [0.25, 0.3) is 28.1 Å². The third-order valence-corrected chi connectivity index (χ3v) is 15.4. The maximum atomic E-state index is 15.5. The van der Waals surface area contributed by atoms with Crippen molar-refractivity contribution in [3.63, 3.8) is 0 Å². The number of aliphatic imine (C=N–C) groups is 1. The van der Waals surface area contributed by atoms with Gasteiger partial charge in [-0.1, -0.05) is 13.0 Å². The predicted molar refractivity (Wildman–Crippen MR) is 239 cm³/mol. The van der Waals surface area contributed by atoms with E-state index in [1.165, 1.54) is 10.1 Å². The number of benzene rings is 3. The second kappa shape index (κ2) is 15.0. The summed E-state index contributed by atoms with van der Waals surface area (Å²) >= 11 is 0. The molecule has 0 radical (unpaired) electrons. The molecule has 0 spiro atoms. The Morgan fingerprint density at radius 3 is 2.30 bits per heavy atom. The zero-order valence-electron chi connectivity index (χ0n) is 36.6. The number of halogens is 1. The molecule has 6 heterocycles. The van der Waals surface area contributed by atoms with Gasteiger partial charge in [-0.2, -0.15) is 5.10 Å². The lowest BCUT2D eigenvalue weighted by atomic mass is 9.91.